The second-order valence-electron chi connectivity index (χ2n) is 8.58. The number of hydrogen-bond donors (Lipinski definition) is 0. The molecule has 0 amide bonds. The first kappa shape index (κ1) is 21.1. The number of aryl methyl sites for hydroxylation is 3. The lowest BCUT2D eigenvalue weighted by atomic mass is 10.0. The molecule has 1 aliphatic heterocycles. The van der Waals surface area contributed by atoms with E-state index in [0.29, 0.717) is 34.2 Å². The molecule has 0 unspecified atom stereocenters. The second kappa shape index (κ2) is 8.31. The monoisotopic (exact) mass is 444 g/mol. The number of nitrogens with zero attached hydrogens (tertiary/aromatic N) is 2. The predicted octanol–water partition coefficient (Wildman–Crippen LogP) is 4.20. The van der Waals surface area contributed by atoms with Crippen molar-refractivity contribution in [1.82, 2.24) is 9.55 Å². The van der Waals surface area contributed by atoms with Crippen LogP contribution in [0, 0.1) is 13.8 Å². The highest BCUT2D eigenvalue weighted by molar-refractivity contribution is 5.94. The van der Waals surface area contributed by atoms with Crippen molar-refractivity contribution < 1.29 is 13.9 Å². The molecule has 0 fully saturated rings. The highest BCUT2D eigenvalue weighted by atomic mass is 16.5. The van der Waals surface area contributed by atoms with E-state index in [1.807, 2.05) is 26.0 Å². The molecule has 3 heterocycles. The van der Waals surface area contributed by atoms with Crippen LogP contribution in [0.3, 0.4) is 0 Å². The first-order chi connectivity index (χ1) is 15.9. The summed E-state index contributed by atoms with van der Waals surface area (Å²) in [5.74, 6) is 0.225. The van der Waals surface area contributed by atoms with Crippen molar-refractivity contribution >= 4 is 27.8 Å². The minimum Gasteiger partial charge on any atom is -0.457 e. The van der Waals surface area contributed by atoms with E-state index in [4.69, 9.17) is 9.15 Å². The van der Waals surface area contributed by atoms with Gasteiger partial charge in [-0.1, -0.05) is 18.6 Å². The number of esters is 1. The number of ether oxygens (including phenoxy) is 1. The smallest absolute Gasteiger partial charge is 0.338 e. The van der Waals surface area contributed by atoms with Gasteiger partial charge in [0.2, 0.25) is 0 Å². The molecule has 0 saturated heterocycles. The molecule has 7 heteroatoms. The van der Waals surface area contributed by atoms with Gasteiger partial charge in [0.1, 0.15) is 18.0 Å². The fourth-order valence-corrected chi connectivity index (χ4v) is 4.42. The summed E-state index contributed by atoms with van der Waals surface area (Å²) in [5, 5.41) is 1.23. The third-order valence-electron chi connectivity index (χ3n) is 6.43. The SMILES string of the molecule is Cc1ccc2c(COC(=O)c3ccc4c(=O)n5c(nc4c3)CCCCC5)cc(=O)oc2c1C. The van der Waals surface area contributed by atoms with Crippen LogP contribution >= 0.6 is 0 Å². The van der Waals surface area contributed by atoms with Crippen LogP contribution in [-0.4, -0.2) is 15.5 Å². The molecular formula is C26H24N2O5. The van der Waals surface area contributed by atoms with Crippen molar-refractivity contribution in [3.8, 4) is 0 Å². The van der Waals surface area contributed by atoms with Gasteiger partial charge in [-0.15, -0.1) is 0 Å². The van der Waals surface area contributed by atoms with E-state index < -0.39 is 11.6 Å². The van der Waals surface area contributed by atoms with E-state index in [1.165, 1.54) is 6.07 Å². The van der Waals surface area contributed by atoms with Crippen LogP contribution in [-0.2, 0) is 24.3 Å². The maximum Gasteiger partial charge on any atom is 0.338 e. The van der Waals surface area contributed by atoms with E-state index in [0.717, 1.165) is 48.0 Å². The van der Waals surface area contributed by atoms with Gasteiger partial charge in [-0.2, -0.15) is 0 Å². The lowest BCUT2D eigenvalue weighted by molar-refractivity contribution is 0.0474. The van der Waals surface area contributed by atoms with Crippen molar-refractivity contribution in [3.63, 3.8) is 0 Å². The maximum absolute atomic E-state index is 12.9. The Hall–Kier alpha value is -3.74. The third-order valence-corrected chi connectivity index (χ3v) is 6.43. The van der Waals surface area contributed by atoms with Crippen LogP contribution in [0.5, 0.6) is 0 Å². The summed E-state index contributed by atoms with van der Waals surface area (Å²) in [6.07, 6.45) is 3.79. The molecule has 0 spiro atoms. The molecule has 0 N–H and O–H groups in total. The molecule has 0 aliphatic carbocycles. The van der Waals surface area contributed by atoms with Gasteiger partial charge >= 0.3 is 11.6 Å². The van der Waals surface area contributed by atoms with Crippen LogP contribution in [0.1, 0.15) is 52.1 Å². The normalized spacial score (nSPS) is 13.6. The fourth-order valence-electron chi connectivity index (χ4n) is 4.42. The molecule has 33 heavy (non-hydrogen) atoms. The molecule has 2 aromatic carbocycles. The Morgan fingerprint density at radius 1 is 1.06 bits per heavy atom. The number of rotatable bonds is 3. The molecule has 7 nitrogen and oxygen atoms in total. The van der Waals surface area contributed by atoms with Crippen molar-refractivity contribution in [2.45, 2.75) is 52.7 Å². The average molecular weight is 444 g/mol. The molecule has 0 atom stereocenters. The van der Waals surface area contributed by atoms with E-state index in [9.17, 15) is 14.4 Å². The Morgan fingerprint density at radius 3 is 2.73 bits per heavy atom. The lowest BCUT2D eigenvalue weighted by Gasteiger charge is -2.11. The zero-order chi connectivity index (χ0) is 23.1. The fraction of sp³-hybridized carbons (Fsp3) is 0.308. The number of carbonyl (C=O) groups is 1. The minimum absolute atomic E-state index is 0.0649. The molecular weight excluding hydrogens is 420 g/mol. The Bertz CT molecular complexity index is 1530. The molecule has 0 bridgehead atoms. The molecule has 4 aromatic rings. The lowest BCUT2D eigenvalue weighted by Crippen LogP contribution is -2.24. The van der Waals surface area contributed by atoms with Gasteiger partial charge in [-0.25, -0.2) is 14.6 Å². The number of fused-ring (bicyclic) bond motifs is 3. The third kappa shape index (κ3) is 3.84. The number of aromatic nitrogens is 2. The van der Waals surface area contributed by atoms with Gasteiger partial charge in [0.15, 0.2) is 0 Å². The summed E-state index contributed by atoms with van der Waals surface area (Å²) in [6, 6.07) is 9.99. The van der Waals surface area contributed by atoms with E-state index in [1.54, 1.807) is 22.8 Å². The van der Waals surface area contributed by atoms with Gasteiger partial charge in [0, 0.05) is 30.0 Å². The minimum atomic E-state index is -0.543. The highest BCUT2D eigenvalue weighted by Gasteiger charge is 2.17. The molecule has 5 rings (SSSR count). The predicted molar refractivity (Wildman–Crippen MR) is 125 cm³/mol. The first-order valence-electron chi connectivity index (χ1n) is 11.2. The molecule has 0 radical (unpaired) electrons. The van der Waals surface area contributed by atoms with E-state index in [-0.39, 0.29) is 12.2 Å². The van der Waals surface area contributed by atoms with Crippen molar-refractivity contribution in [2.75, 3.05) is 0 Å². The quantitative estimate of drug-likeness (QED) is 0.347. The summed E-state index contributed by atoms with van der Waals surface area (Å²) < 4.78 is 12.7. The van der Waals surface area contributed by atoms with Crippen LogP contribution < -0.4 is 11.2 Å². The Balaban J connectivity index is 1.45. The Kier molecular flexibility index (Phi) is 5.32. The average Bonchev–Trinajstić information content (AvgIpc) is 3.05. The van der Waals surface area contributed by atoms with Gasteiger partial charge in [0.25, 0.3) is 5.56 Å². The second-order valence-corrected chi connectivity index (χ2v) is 8.58. The molecule has 168 valence electrons. The summed E-state index contributed by atoms with van der Waals surface area (Å²) in [6.45, 7) is 4.45. The van der Waals surface area contributed by atoms with E-state index in [2.05, 4.69) is 4.98 Å². The van der Waals surface area contributed by atoms with Crippen molar-refractivity contribution in [3.05, 3.63) is 85.3 Å². The van der Waals surface area contributed by atoms with Crippen molar-refractivity contribution in [2.24, 2.45) is 0 Å². The van der Waals surface area contributed by atoms with Crippen LogP contribution in [0.25, 0.3) is 21.9 Å². The number of hydrogen-bond acceptors (Lipinski definition) is 6. The van der Waals surface area contributed by atoms with Crippen LogP contribution in [0.15, 0.2) is 50.4 Å². The summed E-state index contributed by atoms with van der Waals surface area (Å²) in [4.78, 5) is 42.4. The van der Waals surface area contributed by atoms with Gasteiger partial charge in [0.05, 0.1) is 16.5 Å². The summed E-state index contributed by atoms with van der Waals surface area (Å²) >= 11 is 0. The van der Waals surface area contributed by atoms with Crippen LogP contribution in [0.2, 0.25) is 0 Å². The first-order valence-corrected chi connectivity index (χ1v) is 11.2. The zero-order valence-electron chi connectivity index (χ0n) is 18.6. The van der Waals surface area contributed by atoms with E-state index >= 15 is 0 Å². The highest BCUT2D eigenvalue weighted by Crippen LogP contribution is 2.24. The topological polar surface area (TPSA) is 91.4 Å². The van der Waals surface area contributed by atoms with Gasteiger partial charge in [-0.3, -0.25) is 9.36 Å². The van der Waals surface area contributed by atoms with Gasteiger partial charge in [-0.05, 0) is 56.0 Å². The molecule has 1 aliphatic rings. The Labute approximate surface area is 189 Å². The van der Waals surface area contributed by atoms with Crippen molar-refractivity contribution in [1.29, 1.82) is 0 Å². The number of carbonyl (C=O) groups excluding carboxylic acids is 1. The summed E-state index contributed by atoms with van der Waals surface area (Å²) in [5.41, 5.74) is 3.24. The van der Waals surface area contributed by atoms with Gasteiger partial charge < -0.3 is 9.15 Å². The molecule has 2 aromatic heterocycles. The summed E-state index contributed by atoms with van der Waals surface area (Å²) in [7, 11) is 0. The molecule has 0 saturated carbocycles. The largest absolute Gasteiger partial charge is 0.457 e. The standard InChI is InChI=1S/C26H24N2O5/c1-15-7-9-19-18(13-23(29)33-24(19)16(15)2)14-32-26(31)17-8-10-20-21(12-17)27-22-6-4-3-5-11-28(22)25(20)30/h7-10,12-13H,3-6,11,14H2,1-2H3. The zero-order valence-corrected chi connectivity index (χ0v) is 18.6. The van der Waals surface area contributed by atoms with Crippen LogP contribution in [0.4, 0.5) is 0 Å². The maximum atomic E-state index is 12.9. The number of benzene rings is 2. The Morgan fingerprint density at radius 2 is 1.88 bits per heavy atom.